The number of nitrogens with one attached hydrogen (secondary N) is 1. The molecule has 2 atom stereocenters. The SMILES string of the molecule is CCN(CC)C1CCN(C(=O)N[C@@H]2Cc3ccccc3[C@H]2N)CC1. The van der Waals surface area contributed by atoms with Crippen molar-refractivity contribution in [3.63, 3.8) is 0 Å². The van der Waals surface area contributed by atoms with Crippen LogP contribution in [0.3, 0.4) is 0 Å². The first kappa shape index (κ1) is 17.2. The number of nitrogens with two attached hydrogens (primary N) is 1. The molecule has 2 aliphatic rings. The molecule has 1 saturated heterocycles. The Morgan fingerprint density at radius 1 is 1.25 bits per heavy atom. The molecule has 0 unspecified atom stereocenters. The van der Waals surface area contributed by atoms with E-state index >= 15 is 0 Å². The smallest absolute Gasteiger partial charge is 0.317 e. The number of carbonyl (C=O) groups is 1. The van der Waals surface area contributed by atoms with Crippen LogP contribution >= 0.6 is 0 Å². The van der Waals surface area contributed by atoms with Crippen LogP contribution in [-0.4, -0.2) is 54.1 Å². The second-order valence-electron chi connectivity index (χ2n) is 6.92. The van der Waals surface area contributed by atoms with E-state index in [1.54, 1.807) is 0 Å². The molecule has 3 rings (SSSR count). The highest BCUT2D eigenvalue weighted by molar-refractivity contribution is 5.75. The van der Waals surface area contributed by atoms with Crippen molar-refractivity contribution in [3.8, 4) is 0 Å². The van der Waals surface area contributed by atoms with E-state index in [1.807, 2.05) is 17.0 Å². The number of fused-ring (bicyclic) bond motifs is 1. The Morgan fingerprint density at radius 3 is 2.54 bits per heavy atom. The fourth-order valence-electron chi connectivity index (χ4n) is 4.19. The van der Waals surface area contributed by atoms with Gasteiger partial charge in [0.25, 0.3) is 0 Å². The summed E-state index contributed by atoms with van der Waals surface area (Å²) < 4.78 is 0. The summed E-state index contributed by atoms with van der Waals surface area (Å²) in [6.45, 7) is 8.26. The highest BCUT2D eigenvalue weighted by Crippen LogP contribution is 2.29. The van der Waals surface area contributed by atoms with Crippen LogP contribution in [0.1, 0.15) is 43.9 Å². The molecule has 0 bridgehead atoms. The van der Waals surface area contributed by atoms with Crippen LogP contribution in [0, 0.1) is 0 Å². The van der Waals surface area contributed by atoms with Crippen molar-refractivity contribution in [3.05, 3.63) is 35.4 Å². The molecule has 1 aromatic carbocycles. The lowest BCUT2D eigenvalue weighted by atomic mass is 10.0. The molecule has 0 aromatic heterocycles. The van der Waals surface area contributed by atoms with Crippen LogP contribution in [0.4, 0.5) is 4.79 Å². The van der Waals surface area contributed by atoms with Crippen molar-refractivity contribution in [2.75, 3.05) is 26.2 Å². The molecule has 0 radical (unpaired) electrons. The average molecular weight is 330 g/mol. The van der Waals surface area contributed by atoms with E-state index in [1.165, 1.54) is 11.1 Å². The molecule has 5 heteroatoms. The number of benzene rings is 1. The lowest BCUT2D eigenvalue weighted by Crippen LogP contribution is -2.52. The number of rotatable bonds is 4. The van der Waals surface area contributed by atoms with Gasteiger partial charge in [0.05, 0.1) is 12.1 Å². The zero-order valence-electron chi connectivity index (χ0n) is 14.9. The van der Waals surface area contributed by atoms with Crippen molar-refractivity contribution >= 4 is 6.03 Å². The second-order valence-corrected chi connectivity index (χ2v) is 6.92. The van der Waals surface area contributed by atoms with Crippen molar-refractivity contribution in [2.45, 2.75) is 51.2 Å². The molecule has 1 aromatic rings. The summed E-state index contributed by atoms with van der Waals surface area (Å²) in [7, 11) is 0. The Kier molecular flexibility index (Phi) is 5.41. The molecular formula is C19H30N4O. The molecule has 24 heavy (non-hydrogen) atoms. The predicted molar refractivity (Wildman–Crippen MR) is 96.9 cm³/mol. The summed E-state index contributed by atoms with van der Waals surface area (Å²) in [5.41, 5.74) is 8.76. The summed E-state index contributed by atoms with van der Waals surface area (Å²) in [6.07, 6.45) is 2.96. The van der Waals surface area contributed by atoms with Gasteiger partial charge in [-0.15, -0.1) is 0 Å². The number of hydrogen-bond acceptors (Lipinski definition) is 3. The van der Waals surface area contributed by atoms with Gasteiger partial charge in [0.2, 0.25) is 0 Å². The number of urea groups is 1. The summed E-state index contributed by atoms with van der Waals surface area (Å²) in [4.78, 5) is 17.1. The van der Waals surface area contributed by atoms with Gasteiger partial charge in [-0.25, -0.2) is 4.79 Å². The third-order valence-electron chi connectivity index (χ3n) is 5.68. The molecule has 132 valence electrons. The Hall–Kier alpha value is -1.59. The zero-order chi connectivity index (χ0) is 17.1. The quantitative estimate of drug-likeness (QED) is 0.889. The second kappa shape index (κ2) is 7.53. The van der Waals surface area contributed by atoms with Crippen LogP contribution in [0.2, 0.25) is 0 Å². The number of amides is 2. The predicted octanol–water partition coefficient (Wildman–Crippen LogP) is 2.13. The molecular weight excluding hydrogens is 300 g/mol. The summed E-state index contributed by atoms with van der Waals surface area (Å²) >= 11 is 0. The van der Waals surface area contributed by atoms with Gasteiger partial charge in [0.15, 0.2) is 0 Å². The number of likely N-dealkylation sites (tertiary alicyclic amines) is 1. The number of carbonyl (C=O) groups excluding carboxylic acids is 1. The first-order valence-corrected chi connectivity index (χ1v) is 9.26. The minimum atomic E-state index is -0.0987. The topological polar surface area (TPSA) is 61.6 Å². The van der Waals surface area contributed by atoms with Gasteiger partial charge in [0.1, 0.15) is 0 Å². The Morgan fingerprint density at radius 2 is 1.92 bits per heavy atom. The lowest BCUT2D eigenvalue weighted by Gasteiger charge is -2.38. The van der Waals surface area contributed by atoms with E-state index in [9.17, 15) is 4.79 Å². The molecule has 1 aliphatic heterocycles. The van der Waals surface area contributed by atoms with E-state index in [0.29, 0.717) is 6.04 Å². The summed E-state index contributed by atoms with van der Waals surface area (Å²) in [5.74, 6) is 0. The molecule has 0 spiro atoms. The van der Waals surface area contributed by atoms with Gasteiger partial charge in [-0.3, -0.25) is 0 Å². The minimum Gasteiger partial charge on any atom is -0.333 e. The van der Waals surface area contributed by atoms with E-state index in [2.05, 4.69) is 36.2 Å². The normalized spacial score (nSPS) is 24.2. The van der Waals surface area contributed by atoms with Crippen molar-refractivity contribution in [2.24, 2.45) is 5.73 Å². The van der Waals surface area contributed by atoms with Gasteiger partial charge in [-0.1, -0.05) is 38.1 Å². The number of piperidine rings is 1. The van der Waals surface area contributed by atoms with Gasteiger partial charge in [-0.2, -0.15) is 0 Å². The molecule has 1 heterocycles. The van der Waals surface area contributed by atoms with Gasteiger partial charge >= 0.3 is 6.03 Å². The number of hydrogen-bond donors (Lipinski definition) is 2. The summed E-state index contributed by atoms with van der Waals surface area (Å²) in [5, 5.41) is 3.17. The highest BCUT2D eigenvalue weighted by atomic mass is 16.2. The Bertz CT molecular complexity index is 564. The van der Waals surface area contributed by atoms with Crippen LogP contribution in [0.15, 0.2) is 24.3 Å². The molecule has 3 N–H and O–H groups in total. The lowest BCUT2D eigenvalue weighted by molar-refractivity contribution is 0.123. The highest BCUT2D eigenvalue weighted by Gasteiger charge is 2.32. The van der Waals surface area contributed by atoms with E-state index < -0.39 is 0 Å². The monoisotopic (exact) mass is 330 g/mol. The van der Waals surface area contributed by atoms with E-state index in [-0.39, 0.29) is 18.1 Å². The van der Waals surface area contributed by atoms with Crippen LogP contribution < -0.4 is 11.1 Å². The first-order chi connectivity index (χ1) is 11.6. The Balaban J connectivity index is 1.52. The molecule has 0 saturated carbocycles. The standard InChI is InChI=1S/C19H30N4O/c1-3-22(4-2)15-9-11-23(12-10-15)19(24)21-17-13-14-7-5-6-8-16(14)18(17)20/h5-8,15,17-18H,3-4,9-13,20H2,1-2H3,(H,21,24)/t17-,18-/m1/s1. The third-order valence-corrected chi connectivity index (χ3v) is 5.68. The maximum atomic E-state index is 12.6. The average Bonchev–Trinajstić information content (AvgIpc) is 2.93. The largest absolute Gasteiger partial charge is 0.333 e. The third kappa shape index (κ3) is 3.42. The fourth-order valence-corrected chi connectivity index (χ4v) is 4.19. The maximum Gasteiger partial charge on any atom is 0.317 e. The van der Waals surface area contributed by atoms with Gasteiger partial charge in [0, 0.05) is 19.1 Å². The van der Waals surface area contributed by atoms with Gasteiger partial charge in [-0.05, 0) is 43.5 Å². The minimum absolute atomic E-state index is 0.00963. The first-order valence-electron chi connectivity index (χ1n) is 9.26. The van der Waals surface area contributed by atoms with Crippen LogP contribution in [-0.2, 0) is 6.42 Å². The van der Waals surface area contributed by atoms with Crippen molar-refractivity contribution < 1.29 is 4.79 Å². The molecule has 1 aliphatic carbocycles. The fraction of sp³-hybridized carbons (Fsp3) is 0.632. The van der Waals surface area contributed by atoms with Crippen molar-refractivity contribution in [1.29, 1.82) is 0 Å². The van der Waals surface area contributed by atoms with E-state index in [4.69, 9.17) is 5.73 Å². The number of nitrogens with zero attached hydrogens (tertiary/aromatic N) is 2. The van der Waals surface area contributed by atoms with E-state index in [0.717, 1.165) is 45.4 Å². The van der Waals surface area contributed by atoms with Crippen LogP contribution in [0.5, 0.6) is 0 Å². The molecule has 1 fully saturated rings. The molecule has 2 amide bonds. The molecule has 5 nitrogen and oxygen atoms in total. The summed E-state index contributed by atoms with van der Waals surface area (Å²) in [6, 6.07) is 8.80. The van der Waals surface area contributed by atoms with Gasteiger partial charge < -0.3 is 20.9 Å². The van der Waals surface area contributed by atoms with Crippen molar-refractivity contribution in [1.82, 2.24) is 15.1 Å². The van der Waals surface area contributed by atoms with Crippen LogP contribution in [0.25, 0.3) is 0 Å². The Labute approximate surface area is 145 Å². The zero-order valence-corrected chi connectivity index (χ0v) is 14.9. The maximum absolute atomic E-state index is 12.6.